The highest BCUT2D eigenvalue weighted by molar-refractivity contribution is 7.99. The molecular formula is C102H146F10O18S3. The van der Waals surface area contributed by atoms with Crippen LogP contribution in [0.25, 0.3) is 0 Å². The van der Waals surface area contributed by atoms with Gasteiger partial charge in [0.2, 0.25) is 0 Å². The summed E-state index contributed by atoms with van der Waals surface area (Å²) in [5.41, 5.74) is 2.39. The van der Waals surface area contributed by atoms with Crippen LogP contribution >= 0.6 is 36.2 Å². The first-order chi connectivity index (χ1) is 62.3. The van der Waals surface area contributed by atoms with Gasteiger partial charge in [-0.3, -0.25) is 19.1 Å². The zero-order chi connectivity index (χ0) is 99.0. The van der Waals surface area contributed by atoms with Crippen molar-refractivity contribution in [3.05, 3.63) is 191 Å². The standard InChI is InChI=1S/C25H33F3O2S.C23H29F3O2S.C15H24O2.C11H20O3.C10H12O2S.C8H18O2.C7H5F3O.2CO2.CH4.FH/c1-4-6-7-8-20(17-30-22-11-9-21(10-12-22)25(26,27)28)18-31-23-13-14-24(19(3)16-23)29-15-5-2;1-4-5-6-7-18(16-29-21-12-13-22(27-3)17(2)14-21)15-28-20-10-8-19(9-11-20)23(24,25)26;1-3-4-5-6-14(11-16)12-17-15-9-7-13(2)8-10-15;1-4-6-7-8-10(9(3)12)11(13)14-5-2;1-7-5-9(13)3-4-10(7)12-6-8(2)11;1-2-3-4-5-8(6-9)7-10;8-7(9,10)5-1-3-6(11)4-2-5;2*2-1-3;;/h9-14,16,20H,4-8,15,17-18H2,1-3H3;8-14,18H,4-7,15-16H2,1-3H3;7-10,14,16H,3-6,11-12H2,1-2H3;10H,4-8H2,1-3H3;3-5,13H,6H2,1-2H3;8-10H,2-7H2,1H3;1-4,11H;;;1H4;1H. The van der Waals surface area contributed by atoms with E-state index in [9.17, 15) is 59.0 Å². The molecule has 7 aromatic rings. The molecule has 31 heteroatoms. The molecule has 0 aromatic heterocycles. The van der Waals surface area contributed by atoms with Crippen LogP contribution in [0.5, 0.6) is 40.2 Å². The van der Waals surface area contributed by atoms with Crippen LogP contribution in [0, 0.1) is 57.3 Å². The Morgan fingerprint density at radius 2 is 0.752 bits per heavy atom. The predicted octanol–water partition coefficient (Wildman–Crippen LogP) is 26.9. The summed E-state index contributed by atoms with van der Waals surface area (Å²) in [7, 11) is 1.66. The third-order valence-corrected chi connectivity index (χ3v) is 22.1. The first-order valence-electron chi connectivity index (χ1n) is 44.5. The second-order valence-corrected chi connectivity index (χ2v) is 33.6. The number of rotatable bonds is 48. The van der Waals surface area contributed by atoms with Crippen molar-refractivity contribution in [3.63, 3.8) is 0 Å². The van der Waals surface area contributed by atoms with Crippen LogP contribution in [0.4, 0.5) is 44.2 Å². The predicted molar refractivity (Wildman–Crippen MR) is 510 cm³/mol. The normalized spacial score (nSPS) is 11.4. The number of ether oxygens (including phenoxy) is 7. The van der Waals surface area contributed by atoms with Crippen molar-refractivity contribution in [2.45, 2.75) is 265 Å². The van der Waals surface area contributed by atoms with Gasteiger partial charge in [-0.05, 0) is 243 Å². The van der Waals surface area contributed by atoms with Crippen LogP contribution < -0.4 is 28.4 Å². The molecular weight excluding hydrogens is 1800 g/mol. The average Bonchev–Trinajstić information content (AvgIpc) is 0.695. The molecule has 0 radical (unpaired) electrons. The molecule has 7 aromatic carbocycles. The fourth-order valence-corrected chi connectivity index (χ4v) is 14.3. The van der Waals surface area contributed by atoms with Gasteiger partial charge in [0.05, 0.1) is 56.8 Å². The van der Waals surface area contributed by atoms with Crippen molar-refractivity contribution >= 4 is 66.0 Å². The number of phenolic OH excluding ortho intramolecular Hbond substituents is 1. The number of phenols is 1. The highest BCUT2D eigenvalue weighted by Gasteiger charge is 2.32. The molecule has 4 N–H and O–H groups in total. The highest BCUT2D eigenvalue weighted by Crippen LogP contribution is 2.36. The van der Waals surface area contributed by atoms with Gasteiger partial charge in [-0.1, -0.05) is 163 Å². The summed E-state index contributed by atoms with van der Waals surface area (Å²) in [5.74, 6) is 6.10. The fourth-order valence-electron chi connectivity index (χ4n) is 11.8. The summed E-state index contributed by atoms with van der Waals surface area (Å²) in [6.45, 7) is 28.9. The minimum absolute atomic E-state index is 0. The lowest BCUT2D eigenvalue weighted by molar-refractivity contribution is -0.193. The number of aliphatic hydroxyl groups excluding tert-OH is 3. The van der Waals surface area contributed by atoms with Gasteiger partial charge in [0.15, 0.2) is 5.78 Å². The number of alkyl halides is 9. The molecule has 7 rings (SSSR count). The highest BCUT2D eigenvalue weighted by atomic mass is 32.2. The van der Waals surface area contributed by atoms with E-state index in [1.807, 2.05) is 68.4 Å². The molecule has 0 heterocycles. The number of benzene rings is 7. The number of halogens is 10. The van der Waals surface area contributed by atoms with Crippen molar-refractivity contribution < 1.29 is 131 Å². The van der Waals surface area contributed by atoms with Gasteiger partial charge in [0, 0.05) is 69.7 Å². The Hall–Kier alpha value is -9.06. The topological polar surface area (TPSA) is 265 Å². The second kappa shape index (κ2) is 79.2. The number of hydrogen-bond acceptors (Lipinski definition) is 21. The molecule has 750 valence electrons. The fraction of sp³-hybridized carbons (Fsp3) is 0.539. The quantitative estimate of drug-likeness (QED) is 0.00592. The number of Topliss-reactive ketones (excluding diaryl/α,β-unsaturated/α-hetero) is 2. The van der Waals surface area contributed by atoms with Crippen molar-refractivity contribution in [1.29, 1.82) is 0 Å². The SMILES string of the molecule is C.CC(=O)COc1ccc(S)cc1C.CCCCCC(C(C)=O)C(=O)OCC.CCCCCC(CO)CO.CCCCCC(CO)COc1ccc(C)cc1.CCCCCC(COc1ccc(C(F)(F)F)cc1)CSc1ccc(OC)c(C)c1.CCCCCC(COc1ccc(C(F)(F)F)cc1)CSc1ccc(OCCC)c(C)c1.F.O=C=O.O=C=O.Oc1ccc(C(F)(F)F)cc1. The van der Waals surface area contributed by atoms with Crippen molar-refractivity contribution in [1.82, 2.24) is 0 Å². The molecule has 4 unspecified atom stereocenters. The van der Waals surface area contributed by atoms with Crippen LogP contribution in [0.2, 0.25) is 0 Å². The van der Waals surface area contributed by atoms with Gasteiger partial charge >= 0.3 is 36.8 Å². The number of aromatic hydroxyl groups is 1. The van der Waals surface area contributed by atoms with Gasteiger partial charge in [-0.2, -0.15) is 58.7 Å². The number of esters is 1. The number of aryl methyl sites for hydroxylation is 4. The first-order valence-corrected chi connectivity index (χ1v) is 46.9. The zero-order valence-electron chi connectivity index (χ0n) is 79.0. The monoisotopic (exact) mass is 1940 g/mol. The van der Waals surface area contributed by atoms with E-state index in [0.717, 1.165) is 188 Å². The minimum atomic E-state index is -4.33. The molecule has 18 nitrogen and oxygen atoms in total. The van der Waals surface area contributed by atoms with E-state index in [1.165, 1.54) is 98.4 Å². The van der Waals surface area contributed by atoms with E-state index in [1.54, 1.807) is 37.6 Å². The van der Waals surface area contributed by atoms with E-state index in [-0.39, 0.29) is 86.0 Å². The largest absolute Gasteiger partial charge is 0.508 e. The number of methoxy groups -OCH3 is 1. The molecule has 4 atom stereocenters. The van der Waals surface area contributed by atoms with Crippen LogP contribution in [-0.2, 0) is 56.8 Å². The van der Waals surface area contributed by atoms with Crippen LogP contribution in [0.15, 0.2) is 166 Å². The minimum Gasteiger partial charge on any atom is -0.508 e. The number of thiol groups is 1. The Bertz CT molecular complexity index is 4150. The lowest BCUT2D eigenvalue weighted by Gasteiger charge is -2.18. The van der Waals surface area contributed by atoms with E-state index in [0.29, 0.717) is 62.8 Å². The maximum Gasteiger partial charge on any atom is 0.416 e. The number of ketones is 2. The Morgan fingerprint density at radius 1 is 0.421 bits per heavy atom. The molecule has 0 saturated carbocycles. The summed E-state index contributed by atoms with van der Waals surface area (Å²) in [4.78, 5) is 68.9. The van der Waals surface area contributed by atoms with E-state index < -0.39 is 41.1 Å². The summed E-state index contributed by atoms with van der Waals surface area (Å²) in [5, 5.41) is 35.3. The maximum absolute atomic E-state index is 12.7. The van der Waals surface area contributed by atoms with Crippen LogP contribution in [-0.4, -0.2) is 128 Å². The summed E-state index contributed by atoms with van der Waals surface area (Å²) < 4.78 is 150. The number of aliphatic hydroxyl groups is 3. The Kier molecular flexibility index (Phi) is 77.5. The molecule has 0 fully saturated rings. The average molecular weight is 1950 g/mol. The molecule has 0 aliphatic heterocycles. The maximum atomic E-state index is 12.7. The van der Waals surface area contributed by atoms with Crippen molar-refractivity contribution in [2.75, 3.05) is 78.1 Å². The van der Waals surface area contributed by atoms with E-state index in [4.69, 9.17) is 67.7 Å². The third kappa shape index (κ3) is 65.3. The van der Waals surface area contributed by atoms with Gasteiger partial charge in [-0.25, -0.2) is 0 Å². The van der Waals surface area contributed by atoms with E-state index in [2.05, 4.69) is 92.3 Å². The number of unbranched alkanes of at least 4 members (excludes halogenated alkanes) is 10. The Balaban J connectivity index is -0.000000748. The van der Waals surface area contributed by atoms with Crippen LogP contribution in [0.3, 0.4) is 0 Å². The lowest BCUT2D eigenvalue weighted by atomic mass is 9.98. The van der Waals surface area contributed by atoms with Crippen molar-refractivity contribution in [3.8, 4) is 40.2 Å². The molecule has 0 saturated heterocycles. The molecule has 133 heavy (non-hydrogen) atoms. The summed E-state index contributed by atoms with van der Waals surface area (Å²) in [6, 6.07) is 39.5. The van der Waals surface area contributed by atoms with Crippen LogP contribution in [0.1, 0.15) is 244 Å². The molecule has 0 spiro atoms. The van der Waals surface area contributed by atoms with Gasteiger partial charge < -0.3 is 53.6 Å². The lowest BCUT2D eigenvalue weighted by Crippen LogP contribution is -2.24. The smallest absolute Gasteiger partial charge is 0.416 e. The molecule has 0 bridgehead atoms. The van der Waals surface area contributed by atoms with Crippen molar-refractivity contribution in [2.24, 2.45) is 29.6 Å². The number of carbonyl (C=O) groups is 3. The molecule has 0 aliphatic rings. The number of carbonyl (C=O) groups excluding carboxylic acids is 7. The summed E-state index contributed by atoms with van der Waals surface area (Å²) >= 11 is 7.75. The van der Waals surface area contributed by atoms with Gasteiger partial charge in [0.1, 0.15) is 58.6 Å². The Labute approximate surface area is 796 Å². The van der Waals surface area contributed by atoms with Gasteiger partial charge in [0.25, 0.3) is 0 Å². The summed E-state index contributed by atoms with van der Waals surface area (Å²) in [6.07, 6.45) is 10.3. The third-order valence-electron chi connectivity index (χ3n) is 19.4. The Morgan fingerprint density at radius 3 is 1.08 bits per heavy atom. The van der Waals surface area contributed by atoms with Gasteiger partial charge in [-0.15, -0.1) is 36.2 Å². The molecule has 0 aliphatic carbocycles. The zero-order valence-corrected chi connectivity index (χ0v) is 81.6. The first kappa shape index (κ1) is 130. The molecule has 0 amide bonds. The number of thioether (sulfide) groups is 2. The van der Waals surface area contributed by atoms with E-state index >= 15 is 0 Å². The number of hydrogen-bond donors (Lipinski definition) is 5. The second-order valence-electron chi connectivity index (χ2n) is 30.9.